The third-order valence-corrected chi connectivity index (χ3v) is 3.89. The van der Waals surface area contributed by atoms with Crippen molar-refractivity contribution in [2.75, 3.05) is 0 Å². The first-order chi connectivity index (χ1) is 11.6. The minimum absolute atomic E-state index is 0.354. The highest BCUT2D eigenvalue weighted by Crippen LogP contribution is 2.26. The number of nitrogens with zero attached hydrogens (tertiary/aromatic N) is 3. The van der Waals surface area contributed by atoms with Gasteiger partial charge < -0.3 is 9.40 Å². The lowest BCUT2D eigenvalue weighted by atomic mass is 10.1. The first kappa shape index (κ1) is 14.2. The zero-order chi connectivity index (χ0) is 16.7. The van der Waals surface area contributed by atoms with Crippen LogP contribution in [0.5, 0.6) is 0 Å². The SMILES string of the molecule is Cn1cc2c(=O)n(OC(=O)c3ccccc3)nc-2c2ccccc21. The molecular weight excluding hydrogens is 306 g/mol. The monoisotopic (exact) mass is 319 g/mol. The Morgan fingerprint density at radius 1 is 1.04 bits per heavy atom. The van der Waals surface area contributed by atoms with E-state index in [1.54, 1.807) is 36.5 Å². The van der Waals surface area contributed by atoms with Gasteiger partial charge in [0.1, 0.15) is 5.69 Å². The van der Waals surface area contributed by atoms with E-state index >= 15 is 0 Å². The summed E-state index contributed by atoms with van der Waals surface area (Å²) in [7, 11) is 1.86. The Kier molecular flexibility index (Phi) is 3.16. The Hall–Kier alpha value is -3.41. The van der Waals surface area contributed by atoms with Crippen molar-refractivity contribution < 1.29 is 9.63 Å². The summed E-state index contributed by atoms with van der Waals surface area (Å²) in [4.78, 5) is 30.6. The number of rotatable bonds is 2. The van der Waals surface area contributed by atoms with Gasteiger partial charge in [0.05, 0.1) is 11.1 Å². The fourth-order valence-electron chi connectivity index (χ4n) is 2.72. The average molecular weight is 319 g/mol. The summed E-state index contributed by atoms with van der Waals surface area (Å²) in [5.74, 6) is -0.630. The van der Waals surface area contributed by atoms with Crippen molar-refractivity contribution >= 4 is 16.9 Å². The maximum absolute atomic E-state index is 12.5. The Morgan fingerprint density at radius 3 is 2.54 bits per heavy atom. The van der Waals surface area contributed by atoms with Crippen molar-refractivity contribution in [3.8, 4) is 11.3 Å². The van der Waals surface area contributed by atoms with E-state index in [2.05, 4.69) is 5.10 Å². The summed E-state index contributed by atoms with van der Waals surface area (Å²) in [6, 6.07) is 16.1. The predicted octanol–water partition coefficient (Wildman–Crippen LogP) is 2.11. The van der Waals surface area contributed by atoms with Crippen LogP contribution in [0.15, 0.2) is 65.6 Å². The van der Waals surface area contributed by atoms with Crippen LogP contribution in [0.25, 0.3) is 22.2 Å². The largest absolute Gasteiger partial charge is 0.365 e. The number of hydrogen-bond acceptors (Lipinski definition) is 4. The first-order valence-corrected chi connectivity index (χ1v) is 7.40. The fourth-order valence-corrected chi connectivity index (χ4v) is 2.72. The van der Waals surface area contributed by atoms with E-state index in [1.165, 1.54) is 0 Å². The van der Waals surface area contributed by atoms with Crippen molar-refractivity contribution in [2.24, 2.45) is 7.05 Å². The summed E-state index contributed by atoms with van der Waals surface area (Å²) < 4.78 is 1.85. The van der Waals surface area contributed by atoms with Gasteiger partial charge in [-0.2, -0.15) is 0 Å². The van der Waals surface area contributed by atoms with E-state index in [0.717, 1.165) is 15.7 Å². The molecule has 0 radical (unpaired) electrons. The third-order valence-electron chi connectivity index (χ3n) is 3.89. The number of fused-ring (bicyclic) bond motifs is 3. The topological polar surface area (TPSA) is 66.1 Å². The molecule has 2 aromatic rings. The molecule has 118 valence electrons. The van der Waals surface area contributed by atoms with Gasteiger partial charge >= 0.3 is 11.5 Å². The maximum Gasteiger partial charge on any atom is 0.365 e. The highest BCUT2D eigenvalue weighted by molar-refractivity contribution is 5.93. The van der Waals surface area contributed by atoms with E-state index in [1.807, 2.05) is 35.9 Å². The van der Waals surface area contributed by atoms with Gasteiger partial charge in [0, 0.05) is 24.1 Å². The number of pyridine rings is 1. The molecule has 0 saturated heterocycles. The van der Waals surface area contributed by atoms with Gasteiger partial charge in [-0.1, -0.05) is 36.4 Å². The number of aryl methyl sites for hydroxylation is 1. The molecule has 24 heavy (non-hydrogen) atoms. The third kappa shape index (κ3) is 2.16. The molecule has 6 heteroatoms. The van der Waals surface area contributed by atoms with Crippen LogP contribution >= 0.6 is 0 Å². The van der Waals surface area contributed by atoms with E-state index in [9.17, 15) is 9.59 Å². The molecule has 0 spiro atoms. The van der Waals surface area contributed by atoms with Gasteiger partial charge in [-0.3, -0.25) is 4.79 Å². The van der Waals surface area contributed by atoms with E-state index in [-0.39, 0.29) is 0 Å². The van der Waals surface area contributed by atoms with Crippen LogP contribution < -0.4 is 10.4 Å². The molecule has 0 saturated carbocycles. The molecule has 0 aromatic heterocycles. The van der Waals surface area contributed by atoms with Gasteiger partial charge in [-0.25, -0.2) is 4.79 Å². The molecule has 0 amide bonds. The summed E-state index contributed by atoms with van der Waals surface area (Å²) in [5, 5.41) is 5.02. The van der Waals surface area contributed by atoms with E-state index < -0.39 is 11.5 Å². The van der Waals surface area contributed by atoms with E-state index in [4.69, 9.17) is 4.84 Å². The smallest absolute Gasteiger partial charge is 0.350 e. The maximum atomic E-state index is 12.5. The first-order valence-electron chi connectivity index (χ1n) is 7.40. The standard InChI is InChI=1S/C18H13N3O3/c1-20-11-14-16(13-9-5-6-10-15(13)20)19-21(17(14)22)24-18(23)12-7-3-2-4-8-12/h2-11H,1H3. The number of benzene rings is 2. The van der Waals surface area contributed by atoms with Gasteiger partial charge in [0.25, 0.3) is 0 Å². The quantitative estimate of drug-likeness (QED) is 0.567. The minimum atomic E-state index is -0.630. The van der Waals surface area contributed by atoms with Gasteiger partial charge in [0.2, 0.25) is 0 Å². The second-order valence-electron chi connectivity index (χ2n) is 5.44. The Balaban J connectivity index is 1.84. The molecule has 0 bridgehead atoms. The molecule has 0 fully saturated rings. The number of aromatic nitrogens is 3. The number of carbonyl (C=O) groups excluding carboxylic acids is 1. The predicted molar refractivity (Wildman–Crippen MR) is 88.9 cm³/mol. The Morgan fingerprint density at radius 2 is 1.75 bits per heavy atom. The normalized spacial score (nSPS) is 11.0. The lowest BCUT2D eigenvalue weighted by Gasteiger charge is -2.07. The molecule has 2 aliphatic rings. The molecule has 0 unspecified atom stereocenters. The number of para-hydroxylation sites is 1. The second-order valence-corrected chi connectivity index (χ2v) is 5.44. The molecule has 2 heterocycles. The molecule has 4 rings (SSSR count). The van der Waals surface area contributed by atoms with Crippen molar-refractivity contribution in [1.29, 1.82) is 0 Å². The molecule has 0 N–H and O–H groups in total. The molecule has 0 aliphatic carbocycles. The molecular formula is C18H13N3O3. The molecule has 6 nitrogen and oxygen atoms in total. The number of hydrogen-bond donors (Lipinski definition) is 0. The summed E-state index contributed by atoms with van der Waals surface area (Å²) >= 11 is 0. The zero-order valence-corrected chi connectivity index (χ0v) is 12.8. The average Bonchev–Trinajstić information content (AvgIpc) is 2.92. The van der Waals surface area contributed by atoms with Crippen LogP contribution in [0.2, 0.25) is 0 Å². The number of carbonyl (C=O) groups is 1. The van der Waals surface area contributed by atoms with Crippen LogP contribution in [-0.2, 0) is 7.05 Å². The van der Waals surface area contributed by atoms with E-state index in [0.29, 0.717) is 16.8 Å². The molecule has 2 aliphatic heterocycles. The van der Waals surface area contributed by atoms with Gasteiger partial charge in [-0.15, -0.1) is 5.10 Å². The summed E-state index contributed by atoms with van der Waals surface area (Å²) in [6.45, 7) is 0. The van der Waals surface area contributed by atoms with Crippen molar-refractivity contribution in [2.45, 2.75) is 0 Å². The Bertz CT molecular complexity index is 1080. The fraction of sp³-hybridized carbons (Fsp3) is 0.0556. The van der Waals surface area contributed by atoms with Crippen molar-refractivity contribution in [1.82, 2.24) is 14.5 Å². The van der Waals surface area contributed by atoms with Crippen LogP contribution in [0.3, 0.4) is 0 Å². The lowest BCUT2D eigenvalue weighted by Crippen LogP contribution is -2.29. The molecule has 0 atom stereocenters. The molecule has 2 aromatic carbocycles. The Labute approximate surface area is 136 Å². The van der Waals surface area contributed by atoms with Crippen LogP contribution in [-0.4, -0.2) is 20.5 Å². The highest BCUT2D eigenvalue weighted by Gasteiger charge is 2.21. The second kappa shape index (κ2) is 5.34. The van der Waals surface area contributed by atoms with Crippen molar-refractivity contribution in [3.63, 3.8) is 0 Å². The van der Waals surface area contributed by atoms with Crippen LogP contribution in [0.4, 0.5) is 0 Å². The lowest BCUT2D eigenvalue weighted by molar-refractivity contribution is 0.0379. The van der Waals surface area contributed by atoms with Crippen LogP contribution in [0, 0.1) is 0 Å². The van der Waals surface area contributed by atoms with Crippen molar-refractivity contribution in [3.05, 3.63) is 76.7 Å². The van der Waals surface area contributed by atoms with Crippen LogP contribution in [0.1, 0.15) is 10.4 Å². The minimum Gasteiger partial charge on any atom is -0.350 e. The summed E-state index contributed by atoms with van der Waals surface area (Å²) in [5.41, 5.74) is 1.73. The van der Waals surface area contributed by atoms with Gasteiger partial charge in [-0.05, 0) is 23.0 Å². The summed E-state index contributed by atoms with van der Waals surface area (Å²) in [6.07, 6.45) is 1.69. The van der Waals surface area contributed by atoms with Gasteiger partial charge in [0.15, 0.2) is 0 Å². The highest BCUT2D eigenvalue weighted by atomic mass is 16.7. The zero-order valence-electron chi connectivity index (χ0n) is 12.8.